The zero-order valence-electron chi connectivity index (χ0n) is 11.8. The monoisotopic (exact) mass is 285 g/mol. The molecule has 0 unspecified atom stereocenters. The Hall–Kier alpha value is -2.20. The highest BCUT2D eigenvalue weighted by atomic mass is 19.1. The van der Waals surface area contributed by atoms with E-state index in [9.17, 15) is 9.18 Å². The van der Waals surface area contributed by atoms with E-state index in [1.807, 2.05) is 12.1 Å². The number of hydrogen-bond donors (Lipinski definition) is 0. The number of carbonyl (C=O) groups excluding carboxylic acids is 1. The molecule has 1 aliphatic rings. The number of halogens is 1. The maximum absolute atomic E-state index is 13.4. The molecule has 0 bridgehead atoms. The van der Waals surface area contributed by atoms with Crippen LogP contribution in [0.15, 0.2) is 42.5 Å². The first-order valence-electron chi connectivity index (χ1n) is 6.83. The van der Waals surface area contributed by atoms with Crippen molar-refractivity contribution in [1.82, 2.24) is 4.90 Å². The molecule has 0 atom stereocenters. The van der Waals surface area contributed by atoms with Gasteiger partial charge in [0.05, 0.1) is 19.2 Å². The van der Waals surface area contributed by atoms with Crippen LogP contribution >= 0.6 is 0 Å². The van der Waals surface area contributed by atoms with Gasteiger partial charge in [-0.05, 0) is 29.3 Å². The molecule has 0 saturated heterocycles. The summed E-state index contributed by atoms with van der Waals surface area (Å²) in [5, 5.41) is 0. The number of benzene rings is 2. The Balaban J connectivity index is 1.75. The molecule has 2 aromatic carbocycles. The van der Waals surface area contributed by atoms with Gasteiger partial charge in [-0.25, -0.2) is 4.39 Å². The van der Waals surface area contributed by atoms with Crippen LogP contribution in [-0.2, 0) is 13.1 Å². The molecule has 0 aromatic heterocycles. The second-order valence-electron chi connectivity index (χ2n) is 5.18. The van der Waals surface area contributed by atoms with Gasteiger partial charge in [0.15, 0.2) is 5.78 Å². The van der Waals surface area contributed by atoms with Crippen molar-refractivity contribution in [2.45, 2.75) is 13.1 Å². The molecule has 0 fully saturated rings. The number of nitrogens with zero attached hydrogens (tertiary/aromatic N) is 1. The van der Waals surface area contributed by atoms with Gasteiger partial charge in [0.25, 0.3) is 0 Å². The molecule has 21 heavy (non-hydrogen) atoms. The Bertz CT molecular complexity index is 659. The number of rotatable bonds is 4. The van der Waals surface area contributed by atoms with Crippen molar-refractivity contribution in [2.24, 2.45) is 0 Å². The lowest BCUT2D eigenvalue weighted by Crippen LogP contribution is -2.25. The van der Waals surface area contributed by atoms with Gasteiger partial charge in [0.1, 0.15) is 11.6 Å². The van der Waals surface area contributed by atoms with Crippen molar-refractivity contribution in [3.05, 3.63) is 65.0 Å². The van der Waals surface area contributed by atoms with Crippen molar-refractivity contribution in [3.8, 4) is 5.75 Å². The van der Waals surface area contributed by atoms with Crippen molar-refractivity contribution in [3.63, 3.8) is 0 Å². The van der Waals surface area contributed by atoms with Crippen LogP contribution in [-0.4, -0.2) is 24.3 Å². The molecule has 1 aliphatic heterocycles. The van der Waals surface area contributed by atoms with E-state index in [1.54, 1.807) is 0 Å². The predicted molar refractivity (Wildman–Crippen MR) is 77.8 cm³/mol. The van der Waals surface area contributed by atoms with E-state index in [0.29, 0.717) is 11.3 Å². The third kappa shape index (κ3) is 2.81. The lowest BCUT2D eigenvalue weighted by Gasteiger charge is -2.15. The molecule has 0 N–H and O–H groups in total. The van der Waals surface area contributed by atoms with Gasteiger partial charge in [-0.2, -0.15) is 0 Å². The first-order chi connectivity index (χ1) is 10.2. The smallest absolute Gasteiger partial charge is 0.180 e. The van der Waals surface area contributed by atoms with Crippen molar-refractivity contribution in [1.29, 1.82) is 0 Å². The molecule has 2 aromatic rings. The summed E-state index contributed by atoms with van der Waals surface area (Å²) in [5.41, 5.74) is 2.79. The number of methoxy groups -OCH3 is 1. The van der Waals surface area contributed by atoms with Gasteiger partial charge in [-0.3, -0.25) is 9.69 Å². The third-order valence-corrected chi connectivity index (χ3v) is 3.74. The van der Waals surface area contributed by atoms with Crippen LogP contribution in [0.3, 0.4) is 0 Å². The number of hydrogen-bond acceptors (Lipinski definition) is 3. The van der Waals surface area contributed by atoms with Crippen molar-refractivity contribution in [2.75, 3.05) is 13.7 Å². The molecular weight excluding hydrogens is 269 g/mol. The number of Topliss-reactive ketones (excluding diaryl/α,β-unsaturated/α-hetero) is 1. The lowest BCUT2D eigenvalue weighted by molar-refractivity contribution is 0.0926. The van der Waals surface area contributed by atoms with E-state index in [2.05, 4.69) is 17.0 Å². The average Bonchev–Trinajstić information content (AvgIpc) is 2.89. The van der Waals surface area contributed by atoms with E-state index in [0.717, 1.165) is 13.1 Å². The van der Waals surface area contributed by atoms with Gasteiger partial charge < -0.3 is 4.74 Å². The van der Waals surface area contributed by atoms with Crippen LogP contribution in [0.1, 0.15) is 21.5 Å². The molecule has 4 heteroatoms. The molecule has 3 rings (SSSR count). The minimum atomic E-state index is -0.427. The maximum atomic E-state index is 13.4. The zero-order valence-corrected chi connectivity index (χ0v) is 11.8. The van der Waals surface area contributed by atoms with Gasteiger partial charge in [-0.1, -0.05) is 24.3 Å². The zero-order chi connectivity index (χ0) is 14.8. The topological polar surface area (TPSA) is 29.5 Å². The Morgan fingerprint density at radius 3 is 2.48 bits per heavy atom. The largest absolute Gasteiger partial charge is 0.496 e. The second-order valence-corrected chi connectivity index (χ2v) is 5.18. The summed E-state index contributed by atoms with van der Waals surface area (Å²) in [6.45, 7) is 1.76. The molecule has 0 amide bonds. The Kier molecular flexibility index (Phi) is 3.71. The van der Waals surface area contributed by atoms with Crippen LogP contribution < -0.4 is 4.74 Å². The highest BCUT2D eigenvalue weighted by molar-refractivity contribution is 6.00. The van der Waals surface area contributed by atoms with E-state index in [-0.39, 0.29) is 12.3 Å². The summed E-state index contributed by atoms with van der Waals surface area (Å²) in [6.07, 6.45) is 0. The van der Waals surface area contributed by atoms with Crippen LogP contribution in [0, 0.1) is 5.82 Å². The highest BCUT2D eigenvalue weighted by Crippen LogP contribution is 2.24. The summed E-state index contributed by atoms with van der Waals surface area (Å²) >= 11 is 0. The normalized spacial score (nSPS) is 14.0. The first-order valence-corrected chi connectivity index (χ1v) is 6.83. The first kappa shape index (κ1) is 13.8. The molecular formula is C17H16FNO2. The van der Waals surface area contributed by atoms with Gasteiger partial charge >= 0.3 is 0 Å². The lowest BCUT2D eigenvalue weighted by atomic mass is 10.1. The minimum absolute atomic E-state index is 0.126. The number of ether oxygens (including phenoxy) is 1. The fraction of sp³-hybridized carbons (Fsp3) is 0.235. The molecule has 0 aliphatic carbocycles. The molecule has 1 heterocycles. The van der Waals surface area contributed by atoms with E-state index in [1.165, 1.54) is 36.4 Å². The quantitative estimate of drug-likeness (QED) is 0.809. The molecule has 0 saturated carbocycles. The second kappa shape index (κ2) is 5.66. The summed E-state index contributed by atoms with van der Waals surface area (Å²) in [6, 6.07) is 12.2. The maximum Gasteiger partial charge on any atom is 0.180 e. The van der Waals surface area contributed by atoms with Crippen LogP contribution in [0.25, 0.3) is 0 Å². The van der Waals surface area contributed by atoms with Gasteiger partial charge in [0, 0.05) is 13.1 Å². The average molecular weight is 285 g/mol. The van der Waals surface area contributed by atoms with Crippen molar-refractivity contribution < 1.29 is 13.9 Å². The molecule has 108 valence electrons. The summed E-state index contributed by atoms with van der Waals surface area (Å²) < 4.78 is 18.5. The molecule has 0 radical (unpaired) electrons. The Morgan fingerprint density at radius 2 is 1.86 bits per heavy atom. The number of carbonyl (C=O) groups is 1. The standard InChI is InChI=1S/C17H16FNO2/c1-21-17-7-6-14(18)8-15(17)16(20)11-19-9-12-4-2-3-5-13(12)10-19/h2-8H,9-11H2,1H3. The van der Waals surface area contributed by atoms with E-state index in [4.69, 9.17) is 4.74 Å². The van der Waals surface area contributed by atoms with Gasteiger partial charge in [-0.15, -0.1) is 0 Å². The van der Waals surface area contributed by atoms with E-state index < -0.39 is 5.82 Å². The van der Waals surface area contributed by atoms with Crippen LogP contribution in [0.5, 0.6) is 5.75 Å². The summed E-state index contributed by atoms with van der Waals surface area (Å²) in [7, 11) is 1.48. The van der Waals surface area contributed by atoms with Crippen molar-refractivity contribution >= 4 is 5.78 Å². The van der Waals surface area contributed by atoms with Gasteiger partial charge in [0.2, 0.25) is 0 Å². The Morgan fingerprint density at radius 1 is 1.19 bits per heavy atom. The highest BCUT2D eigenvalue weighted by Gasteiger charge is 2.22. The van der Waals surface area contributed by atoms with Crippen LogP contribution in [0.4, 0.5) is 4.39 Å². The fourth-order valence-electron chi connectivity index (χ4n) is 2.70. The van der Waals surface area contributed by atoms with Crippen LogP contribution in [0.2, 0.25) is 0 Å². The number of ketones is 1. The summed E-state index contributed by atoms with van der Waals surface area (Å²) in [5.74, 6) is -0.138. The Labute approximate surface area is 123 Å². The summed E-state index contributed by atoms with van der Waals surface area (Å²) in [4.78, 5) is 14.4. The van der Waals surface area contributed by atoms with E-state index >= 15 is 0 Å². The molecule has 3 nitrogen and oxygen atoms in total. The fourth-order valence-corrected chi connectivity index (χ4v) is 2.70. The predicted octanol–water partition coefficient (Wildman–Crippen LogP) is 3.03. The third-order valence-electron chi connectivity index (χ3n) is 3.74. The molecule has 0 spiro atoms. The minimum Gasteiger partial charge on any atom is -0.496 e. The number of fused-ring (bicyclic) bond motifs is 1. The SMILES string of the molecule is COc1ccc(F)cc1C(=O)CN1Cc2ccccc2C1.